The van der Waals surface area contributed by atoms with Crippen LogP contribution in [0.2, 0.25) is 5.02 Å². The van der Waals surface area contributed by atoms with Crippen molar-refractivity contribution in [1.29, 1.82) is 5.26 Å². The van der Waals surface area contributed by atoms with Gasteiger partial charge < -0.3 is 4.74 Å². The van der Waals surface area contributed by atoms with E-state index in [2.05, 4.69) is 6.07 Å². The Morgan fingerprint density at radius 2 is 2.00 bits per heavy atom. The van der Waals surface area contributed by atoms with Crippen molar-refractivity contribution in [3.8, 4) is 11.8 Å². The van der Waals surface area contributed by atoms with Gasteiger partial charge in [-0.25, -0.2) is 0 Å². The van der Waals surface area contributed by atoms with Crippen LogP contribution in [0.5, 0.6) is 5.75 Å². The van der Waals surface area contributed by atoms with Crippen LogP contribution in [0.25, 0.3) is 0 Å². The van der Waals surface area contributed by atoms with E-state index in [4.69, 9.17) is 21.6 Å². The van der Waals surface area contributed by atoms with E-state index >= 15 is 0 Å². The van der Waals surface area contributed by atoms with Gasteiger partial charge in [-0.1, -0.05) is 17.7 Å². The van der Waals surface area contributed by atoms with Crippen LogP contribution in [0.3, 0.4) is 0 Å². The van der Waals surface area contributed by atoms with E-state index in [1.807, 2.05) is 32.9 Å². The second-order valence-electron chi connectivity index (χ2n) is 4.05. The van der Waals surface area contributed by atoms with Gasteiger partial charge in [-0.2, -0.15) is 5.26 Å². The van der Waals surface area contributed by atoms with Gasteiger partial charge in [-0.3, -0.25) is 0 Å². The first-order valence-corrected chi connectivity index (χ1v) is 5.06. The largest absolute Gasteiger partial charge is 0.495 e. The fraction of sp³-hybridized carbons (Fsp3) is 0.417. The Bertz CT molecular complexity index is 418. The normalized spacial score (nSPS) is 10.9. The van der Waals surface area contributed by atoms with Crippen molar-refractivity contribution in [2.45, 2.75) is 26.2 Å². The lowest BCUT2D eigenvalue weighted by molar-refractivity contribution is 0.413. The van der Waals surface area contributed by atoms with Crippen LogP contribution in [0.15, 0.2) is 12.1 Å². The maximum absolute atomic E-state index is 9.05. The highest BCUT2D eigenvalue weighted by Crippen LogP contribution is 2.33. The summed E-state index contributed by atoms with van der Waals surface area (Å²) < 4.78 is 5.16. The summed E-state index contributed by atoms with van der Waals surface area (Å²) in [6.07, 6.45) is 0. The zero-order valence-corrected chi connectivity index (χ0v) is 10.1. The molecule has 3 heteroatoms. The smallest absolute Gasteiger partial charge is 0.138 e. The topological polar surface area (TPSA) is 33.0 Å². The van der Waals surface area contributed by atoms with Crippen molar-refractivity contribution in [2.24, 2.45) is 0 Å². The summed E-state index contributed by atoms with van der Waals surface area (Å²) in [4.78, 5) is 0. The van der Waals surface area contributed by atoms with Crippen molar-refractivity contribution in [1.82, 2.24) is 0 Å². The van der Waals surface area contributed by atoms with Gasteiger partial charge in [0.2, 0.25) is 0 Å². The molecule has 0 saturated carbocycles. The van der Waals surface area contributed by atoms with Crippen molar-refractivity contribution in [2.75, 3.05) is 7.11 Å². The number of hydrogen-bond donors (Lipinski definition) is 0. The van der Waals surface area contributed by atoms with Gasteiger partial charge in [0, 0.05) is 0 Å². The molecule has 0 spiro atoms. The molecule has 0 saturated heterocycles. The Morgan fingerprint density at radius 3 is 2.47 bits per heavy atom. The van der Waals surface area contributed by atoms with Crippen LogP contribution < -0.4 is 4.74 Å². The molecule has 1 aromatic rings. The highest BCUT2D eigenvalue weighted by Gasteiger charge is 2.22. The average Bonchev–Trinajstić information content (AvgIpc) is 2.21. The maximum Gasteiger partial charge on any atom is 0.138 e. The second-order valence-corrected chi connectivity index (χ2v) is 4.42. The predicted molar refractivity (Wildman–Crippen MR) is 61.4 cm³/mol. The molecule has 0 radical (unpaired) electrons. The number of ether oxygens (including phenoxy) is 1. The van der Waals surface area contributed by atoms with Gasteiger partial charge in [0.15, 0.2) is 0 Å². The third-order valence-corrected chi connectivity index (χ3v) is 2.93. The lowest BCUT2D eigenvalue weighted by Crippen LogP contribution is -2.14. The lowest BCUT2D eigenvalue weighted by atomic mass is 9.85. The van der Waals surface area contributed by atoms with Crippen LogP contribution >= 0.6 is 11.6 Å². The molecule has 0 unspecified atom stereocenters. The summed E-state index contributed by atoms with van der Waals surface area (Å²) in [5.74, 6) is 0.620. The highest BCUT2D eigenvalue weighted by molar-refractivity contribution is 6.32. The molecule has 0 aliphatic heterocycles. The van der Waals surface area contributed by atoms with Crippen LogP contribution in [0, 0.1) is 18.3 Å². The van der Waals surface area contributed by atoms with Gasteiger partial charge in [0.25, 0.3) is 0 Å². The number of hydrogen-bond acceptors (Lipinski definition) is 2. The number of aryl methyl sites for hydroxylation is 1. The number of methoxy groups -OCH3 is 1. The maximum atomic E-state index is 9.05. The molecular formula is C12H14ClNO. The summed E-state index contributed by atoms with van der Waals surface area (Å²) in [6.45, 7) is 5.64. The van der Waals surface area contributed by atoms with E-state index in [1.54, 1.807) is 7.11 Å². The first-order valence-electron chi connectivity index (χ1n) is 4.68. The van der Waals surface area contributed by atoms with E-state index in [-0.39, 0.29) is 0 Å². The van der Waals surface area contributed by atoms with Crippen LogP contribution in [0.4, 0.5) is 0 Å². The van der Waals surface area contributed by atoms with Gasteiger partial charge in [0.1, 0.15) is 5.75 Å². The Morgan fingerprint density at radius 1 is 1.40 bits per heavy atom. The molecule has 0 amide bonds. The van der Waals surface area contributed by atoms with E-state index < -0.39 is 5.41 Å². The molecule has 0 N–H and O–H groups in total. The monoisotopic (exact) mass is 223 g/mol. The van der Waals surface area contributed by atoms with Gasteiger partial charge in [-0.05, 0) is 38.0 Å². The molecule has 15 heavy (non-hydrogen) atoms. The van der Waals surface area contributed by atoms with E-state index in [0.29, 0.717) is 10.8 Å². The Labute approximate surface area is 95.4 Å². The zero-order valence-electron chi connectivity index (χ0n) is 9.39. The number of halogens is 1. The summed E-state index contributed by atoms with van der Waals surface area (Å²) in [5, 5.41) is 9.65. The number of nitriles is 1. The molecule has 1 aromatic carbocycles. The van der Waals surface area contributed by atoms with E-state index in [9.17, 15) is 0 Å². The minimum Gasteiger partial charge on any atom is -0.495 e. The average molecular weight is 224 g/mol. The molecule has 1 rings (SSSR count). The number of benzene rings is 1. The van der Waals surface area contributed by atoms with Crippen molar-refractivity contribution >= 4 is 11.6 Å². The first kappa shape index (κ1) is 11.9. The van der Waals surface area contributed by atoms with Gasteiger partial charge in [-0.15, -0.1) is 0 Å². The highest BCUT2D eigenvalue weighted by atomic mass is 35.5. The Kier molecular flexibility index (Phi) is 3.26. The summed E-state index contributed by atoms with van der Waals surface area (Å²) in [7, 11) is 1.57. The molecule has 0 aromatic heterocycles. The minimum absolute atomic E-state index is 0.525. The molecular weight excluding hydrogens is 210 g/mol. The molecule has 0 atom stereocenters. The lowest BCUT2D eigenvalue weighted by Gasteiger charge is -2.18. The van der Waals surface area contributed by atoms with Crippen LogP contribution in [0.1, 0.15) is 25.0 Å². The first-order chi connectivity index (χ1) is 6.92. The Hall–Kier alpha value is -1.20. The molecule has 0 bridgehead atoms. The number of nitrogens with zero attached hydrogens (tertiary/aromatic N) is 1. The molecule has 2 nitrogen and oxygen atoms in total. The minimum atomic E-state index is -0.525. The third kappa shape index (κ3) is 2.24. The second kappa shape index (κ2) is 4.12. The van der Waals surface area contributed by atoms with Crippen molar-refractivity contribution < 1.29 is 4.74 Å². The van der Waals surface area contributed by atoms with Gasteiger partial charge in [0.05, 0.1) is 23.6 Å². The van der Waals surface area contributed by atoms with Crippen LogP contribution in [-0.4, -0.2) is 7.11 Å². The quantitative estimate of drug-likeness (QED) is 0.769. The molecule has 80 valence electrons. The predicted octanol–water partition coefficient (Wildman–Crippen LogP) is 3.46. The third-order valence-electron chi connectivity index (χ3n) is 2.44. The van der Waals surface area contributed by atoms with Gasteiger partial charge >= 0.3 is 0 Å². The SMILES string of the molecule is COc1cc(C(C)(C)C#N)cc(C)c1Cl. The Balaban J connectivity index is 3.36. The van der Waals surface area contributed by atoms with Crippen molar-refractivity contribution in [3.63, 3.8) is 0 Å². The summed E-state index contributed by atoms with van der Waals surface area (Å²) >= 11 is 6.05. The molecule has 0 fully saturated rings. The van der Waals surface area contributed by atoms with Crippen molar-refractivity contribution in [3.05, 3.63) is 28.3 Å². The number of rotatable bonds is 2. The van der Waals surface area contributed by atoms with E-state index in [1.165, 1.54) is 0 Å². The van der Waals surface area contributed by atoms with E-state index in [0.717, 1.165) is 11.1 Å². The fourth-order valence-electron chi connectivity index (χ4n) is 1.31. The zero-order chi connectivity index (χ0) is 11.6. The summed E-state index contributed by atoms with van der Waals surface area (Å²) in [6, 6.07) is 6.00. The fourth-order valence-corrected chi connectivity index (χ4v) is 1.50. The standard InChI is InChI=1S/C12H14ClNO/c1-8-5-9(12(2,3)7-14)6-10(15-4)11(8)13/h5-6H,1-4H3. The molecule has 0 aliphatic carbocycles. The molecule has 0 aliphatic rings. The summed E-state index contributed by atoms with van der Waals surface area (Å²) in [5.41, 5.74) is 1.32. The van der Waals surface area contributed by atoms with Crippen LogP contribution in [-0.2, 0) is 5.41 Å². The molecule has 0 heterocycles.